The van der Waals surface area contributed by atoms with Gasteiger partial charge in [0.2, 0.25) is 0 Å². The summed E-state index contributed by atoms with van der Waals surface area (Å²) in [5.74, 6) is 1.38. The first-order chi connectivity index (χ1) is 11.7. The minimum Gasteiger partial charge on any atom is -0.356 e. The molecule has 0 spiro atoms. The monoisotopic (exact) mass is 334 g/mol. The number of guanidine groups is 1. The van der Waals surface area contributed by atoms with Gasteiger partial charge in [-0.05, 0) is 68.9 Å². The largest absolute Gasteiger partial charge is 0.356 e. The number of hydrogen-bond acceptors (Lipinski definition) is 2. The van der Waals surface area contributed by atoms with E-state index in [9.17, 15) is 4.39 Å². The van der Waals surface area contributed by atoms with Crippen LogP contribution in [0.25, 0.3) is 0 Å². The molecule has 1 aliphatic heterocycles. The predicted molar refractivity (Wildman–Crippen MR) is 98.9 cm³/mol. The summed E-state index contributed by atoms with van der Waals surface area (Å²) in [4.78, 5) is 6.83. The van der Waals surface area contributed by atoms with Crippen LogP contribution in [0.2, 0.25) is 0 Å². The molecule has 0 amide bonds. The molecule has 2 rings (SSSR count). The SMILES string of the molecule is CCCN1CCC(CNC(=NC)NCCc2cccc(F)c2)CC1. The zero-order valence-electron chi connectivity index (χ0n) is 15.0. The van der Waals surface area contributed by atoms with Gasteiger partial charge in [0.05, 0.1) is 0 Å². The molecule has 4 nitrogen and oxygen atoms in total. The molecule has 24 heavy (non-hydrogen) atoms. The quantitative estimate of drug-likeness (QED) is 0.595. The molecule has 0 unspecified atom stereocenters. The Morgan fingerprint density at radius 1 is 1.29 bits per heavy atom. The highest BCUT2D eigenvalue weighted by Crippen LogP contribution is 2.16. The standard InChI is InChI=1S/C19H31FN4/c1-3-11-24-12-8-17(9-13-24)15-23-19(21-2)22-10-7-16-5-4-6-18(20)14-16/h4-6,14,17H,3,7-13,15H2,1-2H3,(H2,21,22,23). The number of nitrogens with zero attached hydrogens (tertiary/aromatic N) is 2. The van der Waals surface area contributed by atoms with Crippen molar-refractivity contribution in [2.45, 2.75) is 32.6 Å². The lowest BCUT2D eigenvalue weighted by atomic mass is 9.97. The van der Waals surface area contributed by atoms with Crippen LogP contribution in [0.5, 0.6) is 0 Å². The molecule has 134 valence electrons. The van der Waals surface area contributed by atoms with Crippen LogP contribution in [0.4, 0.5) is 4.39 Å². The van der Waals surface area contributed by atoms with Crippen molar-refractivity contribution < 1.29 is 4.39 Å². The van der Waals surface area contributed by atoms with Crippen LogP contribution < -0.4 is 10.6 Å². The molecular weight excluding hydrogens is 303 g/mol. The molecule has 0 radical (unpaired) electrons. The van der Waals surface area contributed by atoms with E-state index in [2.05, 4.69) is 27.4 Å². The van der Waals surface area contributed by atoms with Gasteiger partial charge in [0, 0.05) is 20.1 Å². The van der Waals surface area contributed by atoms with Gasteiger partial charge in [0.15, 0.2) is 5.96 Å². The number of benzene rings is 1. The van der Waals surface area contributed by atoms with E-state index in [0.717, 1.165) is 37.0 Å². The van der Waals surface area contributed by atoms with Crippen LogP contribution in [-0.2, 0) is 6.42 Å². The summed E-state index contributed by atoms with van der Waals surface area (Å²) in [5, 5.41) is 6.74. The zero-order chi connectivity index (χ0) is 17.2. The normalized spacial score (nSPS) is 17.0. The topological polar surface area (TPSA) is 39.7 Å². The molecule has 1 aromatic carbocycles. The van der Waals surface area contributed by atoms with Crippen molar-refractivity contribution >= 4 is 5.96 Å². The third-order valence-corrected chi connectivity index (χ3v) is 4.62. The van der Waals surface area contributed by atoms with Crippen LogP contribution in [-0.4, -0.2) is 50.6 Å². The fourth-order valence-electron chi connectivity index (χ4n) is 3.21. The summed E-state index contributed by atoms with van der Waals surface area (Å²) in [6.07, 6.45) is 4.54. The van der Waals surface area contributed by atoms with E-state index in [0.29, 0.717) is 0 Å². The van der Waals surface area contributed by atoms with Gasteiger partial charge in [-0.1, -0.05) is 19.1 Å². The van der Waals surface area contributed by atoms with E-state index in [4.69, 9.17) is 0 Å². The second kappa shape index (κ2) is 10.3. The van der Waals surface area contributed by atoms with Gasteiger partial charge in [-0.2, -0.15) is 0 Å². The van der Waals surface area contributed by atoms with E-state index in [-0.39, 0.29) is 5.82 Å². The lowest BCUT2D eigenvalue weighted by molar-refractivity contribution is 0.185. The van der Waals surface area contributed by atoms with E-state index in [1.807, 2.05) is 6.07 Å². The van der Waals surface area contributed by atoms with Crippen molar-refractivity contribution in [2.24, 2.45) is 10.9 Å². The van der Waals surface area contributed by atoms with Crippen molar-refractivity contribution in [3.63, 3.8) is 0 Å². The maximum Gasteiger partial charge on any atom is 0.190 e. The minimum absolute atomic E-state index is 0.176. The molecule has 0 bridgehead atoms. The highest BCUT2D eigenvalue weighted by Gasteiger charge is 2.18. The molecular formula is C19H31FN4. The number of rotatable bonds is 7. The second-order valence-corrected chi connectivity index (χ2v) is 6.54. The summed E-state index contributed by atoms with van der Waals surface area (Å²) in [7, 11) is 1.79. The molecule has 0 atom stereocenters. The summed E-state index contributed by atoms with van der Waals surface area (Å²) < 4.78 is 13.2. The molecule has 1 aromatic rings. The van der Waals surface area contributed by atoms with Crippen molar-refractivity contribution in [3.8, 4) is 0 Å². The number of halogens is 1. The molecule has 0 aliphatic carbocycles. The predicted octanol–water partition coefficient (Wildman–Crippen LogP) is 2.66. The van der Waals surface area contributed by atoms with Crippen LogP contribution >= 0.6 is 0 Å². The van der Waals surface area contributed by atoms with Gasteiger partial charge in [-0.15, -0.1) is 0 Å². The number of aliphatic imine (C=N–C) groups is 1. The van der Waals surface area contributed by atoms with Crippen LogP contribution in [0, 0.1) is 11.7 Å². The Bertz CT molecular complexity index is 510. The number of nitrogens with one attached hydrogen (secondary N) is 2. The number of piperidine rings is 1. The van der Waals surface area contributed by atoms with Crippen LogP contribution in [0.1, 0.15) is 31.7 Å². The Kier molecular flexibility index (Phi) is 8.02. The van der Waals surface area contributed by atoms with Gasteiger partial charge in [0.25, 0.3) is 0 Å². The van der Waals surface area contributed by atoms with Crippen molar-refractivity contribution in [1.29, 1.82) is 0 Å². The molecule has 0 aromatic heterocycles. The first kappa shape index (κ1) is 18.7. The van der Waals surface area contributed by atoms with Crippen molar-refractivity contribution in [1.82, 2.24) is 15.5 Å². The highest BCUT2D eigenvalue weighted by molar-refractivity contribution is 5.79. The third kappa shape index (κ3) is 6.48. The van der Waals surface area contributed by atoms with Gasteiger partial charge in [-0.3, -0.25) is 4.99 Å². The third-order valence-electron chi connectivity index (χ3n) is 4.62. The Morgan fingerprint density at radius 3 is 2.75 bits per heavy atom. The molecule has 1 heterocycles. The molecule has 1 fully saturated rings. The fraction of sp³-hybridized carbons (Fsp3) is 0.632. The fourth-order valence-corrected chi connectivity index (χ4v) is 3.21. The first-order valence-corrected chi connectivity index (χ1v) is 9.12. The van der Waals surface area contributed by atoms with E-state index in [1.165, 1.54) is 45.0 Å². The Hall–Kier alpha value is -1.62. The lowest BCUT2D eigenvalue weighted by Gasteiger charge is -2.32. The van der Waals surface area contributed by atoms with E-state index in [1.54, 1.807) is 19.2 Å². The second-order valence-electron chi connectivity index (χ2n) is 6.54. The van der Waals surface area contributed by atoms with Crippen LogP contribution in [0.15, 0.2) is 29.3 Å². The lowest BCUT2D eigenvalue weighted by Crippen LogP contribution is -2.43. The minimum atomic E-state index is -0.176. The molecule has 2 N–H and O–H groups in total. The smallest absolute Gasteiger partial charge is 0.190 e. The Balaban J connectivity index is 1.64. The highest BCUT2D eigenvalue weighted by atomic mass is 19.1. The van der Waals surface area contributed by atoms with Gasteiger partial charge < -0.3 is 15.5 Å². The van der Waals surface area contributed by atoms with Crippen LogP contribution in [0.3, 0.4) is 0 Å². The maximum absolute atomic E-state index is 13.2. The summed E-state index contributed by atoms with van der Waals surface area (Å²) >= 11 is 0. The maximum atomic E-state index is 13.2. The first-order valence-electron chi connectivity index (χ1n) is 9.12. The molecule has 1 aliphatic rings. The van der Waals surface area contributed by atoms with Gasteiger partial charge in [-0.25, -0.2) is 4.39 Å². The van der Waals surface area contributed by atoms with Gasteiger partial charge in [0.1, 0.15) is 5.82 Å². The number of likely N-dealkylation sites (tertiary alicyclic amines) is 1. The molecule has 1 saturated heterocycles. The average molecular weight is 334 g/mol. The molecule has 5 heteroatoms. The molecule has 0 saturated carbocycles. The summed E-state index contributed by atoms with van der Waals surface area (Å²) in [5.41, 5.74) is 1.00. The van der Waals surface area contributed by atoms with Crippen molar-refractivity contribution in [2.75, 3.05) is 39.8 Å². The van der Waals surface area contributed by atoms with Gasteiger partial charge >= 0.3 is 0 Å². The Morgan fingerprint density at radius 2 is 2.08 bits per heavy atom. The average Bonchev–Trinajstić information content (AvgIpc) is 2.59. The van der Waals surface area contributed by atoms with E-state index >= 15 is 0 Å². The number of hydrogen-bond donors (Lipinski definition) is 2. The van der Waals surface area contributed by atoms with E-state index < -0.39 is 0 Å². The summed E-state index contributed by atoms with van der Waals surface area (Å²) in [6, 6.07) is 6.76. The summed E-state index contributed by atoms with van der Waals surface area (Å²) in [6.45, 7) is 7.62. The van der Waals surface area contributed by atoms with Crippen molar-refractivity contribution in [3.05, 3.63) is 35.6 Å². The Labute approximate surface area is 145 Å². The zero-order valence-corrected chi connectivity index (χ0v) is 15.0.